The Bertz CT molecular complexity index is 1020. The quantitative estimate of drug-likeness (QED) is 0.760. The first-order valence-electron chi connectivity index (χ1n) is 8.56. The molecule has 0 radical (unpaired) electrons. The Morgan fingerprint density at radius 2 is 2.15 bits per heavy atom. The second-order valence-electron chi connectivity index (χ2n) is 6.56. The van der Waals surface area contributed by atoms with E-state index >= 15 is 0 Å². The highest BCUT2D eigenvalue weighted by Crippen LogP contribution is 2.26. The Morgan fingerprint density at radius 3 is 3.00 bits per heavy atom. The highest BCUT2D eigenvalue weighted by molar-refractivity contribution is 5.99. The van der Waals surface area contributed by atoms with Crippen molar-refractivity contribution in [2.45, 2.75) is 32.7 Å². The van der Waals surface area contributed by atoms with Gasteiger partial charge in [-0.25, -0.2) is 9.50 Å². The van der Waals surface area contributed by atoms with Crippen molar-refractivity contribution in [3.05, 3.63) is 59.0 Å². The molecule has 1 atom stereocenters. The lowest BCUT2D eigenvalue weighted by Gasteiger charge is -2.20. The summed E-state index contributed by atoms with van der Waals surface area (Å²) < 4.78 is 1.59. The molecule has 0 aliphatic carbocycles. The van der Waals surface area contributed by atoms with E-state index in [1.165, 1.54) is 6.20 Å². The van der Waals surface area contributed by atoms with Crippen molar-refractivity contribution in [3.63, 3.8) is 0 Å². The molecule has 7 nitrogen and oxygen atoms in total. The first kappa shape index (κ1) is 16.3. The fourth-order valence-corrected chi connectivity index (χ4v) is 3.15. The van der Waals surface area contributed by atoms with Crippen LogP contribution in [0.25, 0.3) is 5.65 Å². The zero-order valence-corrected chi connectivity index (χ0v) is 14.6. The summed E-state index contributed by atoms with van der Waals surface area (Å²) >= 11 is 0. The van der Waals surface area contributed by atoms with Crippen LogP contribution in [-0.2, 0) is 11.2 Å². The van der Waals surface area contributed by atoms with Gasteiger partial charge >= 0.3 is 0 Å². The zero-order valence-electron chi connectivity index (χ0n) is 14.6. The van der Waals surface area contributed by atoms with E-state index in [1.54, 1.807) is 10.7 Å². The number of anilines is 1. The molecule has 1 aromatic carbocycles. The summed E-state index contributed by atoms with van der Waals surface area (Å²) in [7, 11) is 0. The molecule has 2 aromatic heterocycles. The van der Waals surface area contributed by atoms with Crippen molar-refractivity contribution in [3.8, 4) is 0 Å². The van der Waals surface area contributed by atoms with Crippen LogP contribution >= 0.6 is 0 Å². The molecule has 1 aliphatic heterocycles. The predicted octanol–water partition coefficient (Wildman–Crippen LogP) is 2.41. The van der Waals surface area contributed by atoms with Gasteiger partial charge in [0.05, 0.1) is 12.2 Å². The van der Waals surface area contributed by atoms with E-state index in [-0.39, 0.29) is 17.9 Å². The molecule has 3 aromatic rings. The van der Waals surface area contributed by atoms with Crippen LogP contribution in [0, 0.1) is 6.92 Å². The Labute approximate surface area is 150 Å². The minimum Gasteiger partial charge on any atom is -0.345 e. The normalized spacial score (nSPS) is 14.6. The lowest BCUT2D eigenvalue weighted by molar-refractivity contribution is -0.116. The average Bonchev–Trinajstić information content (AvgIpc) is 3.04. The highest BCUT2D eigenvalue weighted by atomic mass is 16.2. The maximum absolute atomic E-state index is 12.7. The third-order valence-corrected chi connectivity index (χ3v) is 4.63. The number of aromatic nitrogens is 3. The maximum atomic E-state index is 12.7. The molecule has 3 heterocycles. The summed E-state index contributed by atoms with van der Waals surface area (Å²) in [5.74, 6) is -0.167. The standard InChI is InChI=1S/C19H19N5O2/c1-11-7-8-24-18(21-11)15(10-20-24)19(26)22-12(2)13-3-5-16-14(9-13)4-6-17(25)23-16/h3,5,7-10,12H,4,6H2,1-2H3,(H,22,26)(H,23,25). The number of rotatable bonds is 3. The molecule has 2 amide bonds. The Hall–Kier alpha value is -3.22. The van der Waals surface area contributed by atoms with Crippen molar-refractivity contribution in [1.82, 2.24) is 19.9 Å². The summed E-state index contributed by atoms with van der Waals surface area (Å²) in [5, 5.41) is 10.1. The van der Waals surface area contributed by atoms with Crippen molar-refractivity contribution >= 4 is 23.1 Å². The maximum Gasteiger partial charge on any atom is 0.257 e. The number of hydrogen-bond acceptors (Lipinski definition) is 4. The van der Waals surface area contributed by atoms with Gasteiger partial charge in [-0.1, -0.05) is 12.1 Å². The molecular weight excluding hydrogens is 330 g/mol. The number of amides is 2. The Kier molecular flexibility index (Phi) is 3.91. The number of fused-ring (bicyclic) bond motifs is 2. The summed E-state index contributed by atoms with van der Waals surface area (Å²) in [4.78, 5) is 28.6. The lowest BCUT2D eigenvalue weighted by atomic mass is 9.97. The molecule has 2 N–H and O–H groups in total. The molecule has 0 saturated heterocycles. The number of hydrogen-bond donors (Lipinski definition) is 2. The molecule has 0 fully saturated rings. The van der Waals surface area contributed by atoms with E-state index in [4.69, 9.17) is 0 Å². The van der Waals surface area contributed by atoms with Gasteiger partial charge in [-0.05, 0) is 43.5 Å². The second-order valence-corrected chi connectivity index (χ2v) is 6.56. The van der Waals surface area contributed by atoms with Gasteiger partial charge in [-0.3, -0.25) is 9.59 Å². The molecule has 1 aliphatic rings. The van der Waals surface area contributed by atoms with Gasteiger partial charge in [-0.15, -0.1) is 0 Å². The van der Waals surface area contributed by atoms with Gasteiger partial charge in [0.25, 0.3) is 5.91 Å². The third kappa shape index (κ3) is 2.92. The van der Waals surface area contributed by atoms with E-state index < -0.39 is 0 Å². The number of nitrogens with one attached hydrogen (secondary N) is 2. The zero-order chi connectivity index (χ0) is 18.3. The van der Waals surface area contributed by atoms with Gasteiger partial charge < -0.3 is 10.6 Å². The average molecular weight is 349 g/mol. The molecule has 0 saturated carbocycles. The van der Waals surface area contributed by atoms with Gasteiger partial charge in [0.15, 0.2) is 5.65 Å². The van der Waals surface area contributed by atoms with E-state index in [0.717, 1.165) is 22.5 Å². The minimum atomic E-state index is -0.211. The minimum absolute atomic E-state index is 0.0440. The molecule has 1 unspecified atom stereocenters. The summed E-state index contributed by atoms with van der Waals surface area (Å²) in [6.45, 7) is 3.81. The van der Waals surface area contributed by atoms with Crippen molar-refractivity contribution in [2.75, 3.05) is 5.32 Å². The van der Waals surface area contributed by atoms with Gasteiger partial charge in [-0.2, -0.15) is 5.10 Å². The number of nitrogens with zero attached hydrogens (tertiary/aromatic N) is 3. The molecule has 7 heteroatoms. The van der Waals surface area contributed by atoms with Gasteiger partial charge in [0.1, 0.15) is 5.56 Å². The second kappa shape index (κ2) is 6.25. The fourth-order valence-electron chi connectivity index (χ4n) is 3.15. The van der Waals surface area contributed by atoms with Crippen molar-refractivity contribution < 1.29 is 9.59 Å². The highest BCUT2D eigenvalue weighted by Gasteiger charge is 2.19. The van der Waals surface area contributed by atoms with Crippen LogP contribution < -0.4 is 10.6 Å². The molecular formula is C19H19N5O2. The summed E-state index contributed by atoms with van der Waals surface area (Å²) in [6, 6.07) is 7.53. The smallest absolute Gasteiger partial charge is 0.257 e. The van der Waals surface area contributed by atoms with Crippen LogP contribution in [-0.4, -0.2) is 26.4 Å². The number of carbonyl (C=O) groups excluding carboxylic acids is 2. The van der Waals surface area contributed by atoms with E-state index in [2.05, 4.69) is 20.7 Å². The summed E-state index contributed by atoms with van der Waals surface area (Å²) in [6.07, 6.45) is 4.53. The number of carbonyl (C=O) groups is 2. The molecule has 26 heavy (non-hydrogen) atoms. The van der Waals surface area contributed by atoms with Crippen molar-refractivity contribution in [2.24, 2.45) is 0 Å². The Morgan fingerprint density at radius 1 is 1.31 bits per heavy atom. The topological polar surface area (TPSA) is 88.4 Å². The first-order chi connectivity index (χ1) is 12.5. The van der Waals surface area contributed by atoms with Crippen molar-refractivity contribution in [1.29, 1.82) is 0 Å². The molecule has 132 valence electrons. The van der Waals surface area contributed by atoms with Gasteiger partial charge in [0, 0.05) is 24.0 Å². The predicted molar refractivity (Wildman–Crippen MR) is 97.0 cm³/mol. The molecule has 0 bridgehead atoms. The summed E-state index contributed by atoms with van der Waals surface area (Å²) in [5.41, 5.74) is 4.77. The van der Waals surface area contributed by atoms with Gasteiger partial charge in [0.2, 0.25) is 5.91 Å². The molecule has 4 rings (SSSR count). The van der Waals surface area contributed by atoms with Crippen LogP contribution in [0.3, 0.4) is 0 Å². The van der Waals surface area contributed by atoms with E-state index in [1.807, 2.05) is 38.1 Å². The van der Waals surface area contributed by atoms with Crippen LogP contribution in [0.4, 0.5) is 5.69 Å². The monoisotopic (exact) mass is 349 g/mol. The lowest BCUT2D eigenvalue weighted by Crippen LogP contribution is -2.27. The largest absolute Gasteiger partial charge is 0.345 e. The van der Waals surface area contributed by atoms with E-state index in [0.29, 0.717) is 24.1 Å². The van der Waals surface area contributed by atoms with Crippen LogP contribution in [0.5, 0.6) is 0 Å². The van der Waals surface area contributed by atoms with Crippen LogP contribution in [0.15, 0.2) is 36.7 Å². The Balaban J connectivity index is 1.56. The third-order valence-electron chi connectivity index (χ3n) is 4.63. The molecule has 0 spiro atoms. The number of aryl methyl sites for hydroxylation is 2. The van der Waals surface area contributed by atoms with Crippen LogP contribution in [0.2, 0.25) is 0 Å². The SMILES string of the molecule is Cc1ccn2ncc(C(=O)NC(C)c3ccc4c(c3)CCC(=O)N4)c2n1. The van der Waals surface area contributed by atoms with E-state index in [9.17, 15) is 9.59 Å². The van der Waals surface area contributed by atoms with Crippen LogP contribution in [0.1, 0.15) is 46.6 Å². The first-order valence-corrected chi connectivity index (χ1v) is 8.56. The fraction of sp³-hybridized carbons (Fsp3) is 0.263. The number of benzene rings is 1.